The van der Waals surface area contributed by atoms with Gasteiger partial charge in [-0.3, -0.25) is 0 Å². The summed E-state index contributed by atoms with van der Waals surface area (Å²) < 4.78 is 13.9. The number of nitrogens with one attached hydrogen (secondary N) is 1. The predicted octanol–water partition coefficient (Wildman–Crippen LogP) is 4.86. The lowest BCUT2D eigenvalue weighted by molar-refractivity contribution is 0.629. The summed E-state index contributed by atoms with van der Waals surface area (Å²) in [7, 11) is 0. The lowest BCUT2D eigenvalue weighted by Crippen LogP contribution is -1.92. The van der Waals surface area contributed by atoms with Crippen molar-refractivity contribution in [1.29, 1.82) is 5.26 Å². The molecule has 0 fully saturated rings. The normalized spacial score (nSPS) is 9.89. The average Bonchev–Trinajstić information content (AvgIpc) is 2.34. The number of hydrogen-bond acceptors (Lipinski definition) is 2. The molecule has 0 spiro atoms. The minimum absolute atomic E-state index is 0.0848. The molecule has 0 aromatic heterocycles. The minimum atomic E-state index is -0.477. The van der Waals surface area contributed by atoms with Crippen LogP contribution >= 0.6 is 27.5 Å². The molecule has 18 heavy (non-hydrogen) atoms. The lowest BCUT2D eigenvalue weighted by atomic mass is 10.2. The van der Waals surface area contributed by atoms with Crippen molar-refractivity contribution in [2.45, 2.75) is 0 Å². The van der Waals surface area contributed by atoms with Gasteiger partial charge in [0.2, 0.25) is 0 Å². The SMILES string of the molecule is N#Cc1ccc(Nc2ccc(Cl)c(F)c2)cc1Br. The molecule has 0 saturated heterocycles. The van der Waals surface area contributed by atoms with Gasteiger partial charge in [0, 0.05) is 15.8 Å². The maximum absolute atomic E-state index is 13.3. The molecular weight excluding hydrogens is 319 g/mol. The molecule has 2 rings (SSSR count). The monoisotopic (exact) mass is 324 g/mol. The quantitative estimate of drug-likeness (QED) is 0.856. The molecular formula is C13H7BrClFN2. The summed E-state index contributed by atoms with van der Waals surface area (Å²) in [4.78, 5) is 0. The Hall–Kier alpha value is -1.57. The highest BCUT2D eigenvalue weighted by molar-refractivity contribution is 9.10. The van der Waals surface area contributed by atoms with E-state index >= 15 is 0 Å². The molecule has 5 heteroatoms. The third-order valence-corrected chi connectivity index (χ3v) is 3.26. The van der Waals surface area contributed by atoms with E-state index in [9.17, 15) is 4.39 Å². The van der Waals surface area contributed by atoms with Gasteiger partial charge < -0.3 is 5.32 Å². The lowest BCUT2D eigenvalue weighted by Gasteiger charge is -2.08. The van der Waals surface area contributed by atoms with E-state index in [1.807, 2.05) is 0 Å². The fourth-order valence-electron chi connectivity index (χ4n) is 1.42. The van der Waals surface area contributed by atoms with Crippen molar-refractivity contribution in [1.82, 2.24) is 0 Å². The van der Waals surface area contributed by atoms with Gasteiger partial charge in [-0.2, -0.15) is 5.26 Å². The highest BCUT2D eigenvalue weighted by atomic mass is 79.9. The van der Waals surface area contributed by atoms with E-state index < -0.39 is 5.82 Å². The number of halogens is 3. The van der Waals surface area contributed by atoms with Gasteiger partial charge in [-0.05, 0) is 52.3 Å². The number of anilines is 2. The van der Waals surface area contributed by atoms with Crippen LogP contribution in [0.15, 0.2) is 40.9 Å². The van der Waals surface area contributed by atoms with Crippen LogP contribution in [-0.4, -0.2) is 0 Å². The molecule has 1 N–H and O–H groups in total. The Bertz CT molecular complexity index is 637. The number of benzene rings is 2. The molecule has 2 aromatic rings. The van der Waals surface area contributed by atoms with Crippen molar-refractivity contribution < 1.29 is 4.39 Å². The molecule has 0 atom stereocenters. The first-order valence-corrected chi connectivity index (χ1v) is 6.19. The molecule has 0 aliphatic carbocycles. The predicted molar refractivity (Wildman–Crippen MR) is 73.5 cm³/mol. The Balaban J connectivity index is 2.26. The summed E-state index contributed by atoms with van der Waals surface area (Å²) in [6, 6.07) is 11.7. The van der Waals surface area contributed by atoms with Crippen molar-refractivity contribution in [2.75, 3.05) is 5.32 Å². The van der Waals surface area contributed by atoms with Crippen LogP contribution in [0.3, 0.4) is 0 Å². The highest BCUT2D eigenvalue weighted by Gasteiger charge is 2.03. The van der Waals surface area contributed by atoms with Crippen LogP contribution in [0.2, 0.25) is 5.02 Å². The second-order valence-corrected chi connectivity index (χ2v) is 4.82. The van der Waals surface area contributed by atoms with Crippen LogP contribution < -0.4 is 5.32 Å². The standard InChI is InChI=1S/C13H7BrClFN2/c14-11-5-9(2-1-8(11)7-17)18-10-3-4-12(15)13(16)6-10/h1-6,18H. The van der Waals surface area contributed by atoms with Gasteiger partial charge in [0.15, 0.2) is 0 Å². The van der Waals surface area contributed by atoms with E-state index in [0.29, 0.717) is 15.7 Å². The van der Waals surface area contributed by atoms with Crippen molar-refractivity contribution >= 4 is 38.9 Å². The fraction of sp³-hybridized carbons (Fsp3) is 0. The Morgan fingerprint density at radius 1 is 1.17 bits per heavy atom. The fourth-order valence-corrected chi connectivity index (χ4v) is 2.01. The third-order valence-electron chi connectivity index (χ3n) is 2.30. The summed E-state index contributed by atoms with van der Waals surface area (Å²) in [5.41, 5.74) is 1.89. The maximum Gasteiger partial charge on any atom is 0.143 e. The van der Waals surface area contributed by atoms with Gasteiger partial charge >= 0.3 is 0 Å². The van der Waals surface area contributed by atoms with E-state index in [2.05, 4.69) is 27.3 Å². The van der Waals surface area contributed by atoms with Gasteiger partial charge in [0.05, 0.1) is 10.6 Å². The first-order valence-electron chi connectivity index (χ1n) is 5.02. The number of hydrogen-bond donors (Lipinski definition) is 1. The Labute approximate surface area is 117 Å². The zero-order chi connectivity index (χ0) is 13.1. The summed E-state index contributed by atoms with van der Waals surface area (Å²) in [5.74, 6) is -0.477. The molecule has 0 bridgehead atoms. The van der Waals surface area contributed by atoms with Crippen LogP contribution in [-0.2, 0) is 0 Å². The van der Waals surface area contributed by atoms with E-state index in [-0.39, 0.29) is 5.02 Å². The van der Waals surface area contributed by atoms with Gasteiger partial charge in [0.1, 0.15) is 11.9 Å². The van der Waals surface area contributed by atoms with Gasteiger partial charge in [0.25, 0.3) is 0 Å². The van der Waals surface area contributed by atoms with Crippen LogP contribution in [0.4, 0.5) is 15.8 Å². The molecule has 90 valence electrons. The molecule has 0 unspecified atom stereocenters. The molecule has 2 aromatic carbocycles. The Morgan fingerprint density at radius 2 is 1.83 bits per heavy atom. The average molecular weight is 326 g/mol. The molecule has 2 nitrogen and oxygen atoms in total. The third kappa shape index (κ3) is 2.81. The van der Waals surface area contributed by atoms with E-state index in [1.165, 1.54) is 12.1 Å². The zero-order valence-corrected chi connectivity index (χ0v) is 11.4. The highest BCUT2D eigenvalue weighted by Crippen LogP contribution is 2.25. The van der Waals surface area contributed by atoms with Crippen molar-refractivity contribution in [3.63, 3.8) is 0 Å². The van der Waals surface area contributed by atoms with Gasteiger partial charge in [-0.25, -0.2) is 4.39 Å². The number of nitriles is 1. The van der Waals surface area contributed by atoms with Crippen molar-refractivity contribution in [3.05, 3.63) is 57.3 Å². The topological polar surface area (TPSA) is 35.8 Å². The number of nitrogens with zero attached hydrogens (tertiary/aromatic N) is 1. The molecule has 0 saturated carbocycles. The van der Waals surface area contributed by atoms with Crippen LogP contribution in [0, 0.1) is 17.1 Å². The first-order chi connectivity index (χ1) is 8.60. The zero-order valence-electron chi connectivity index (χ0n) is 9.05. The molecule has 0 radical (unpaired) electrons. The second kappa shape index (κ2) is 5.38. The molecule has 0 heterocycles. The van der Waals surface area contributed by atoms with Gasteiger partial charge in [-0.15, -0.1) is 0 Å². The van der Waals surface area contributed by atoms with Crippen molar-refractivity contribution in [2.24, 2.45) is 0 Å². The van der Waals surface area contributed by atoms with E-state index in [1.54, 1.807) is 24.3 Å². The Kier molecular flexibility index (Phi) is 3.85. The van der Waals surface area contributed by atoms with E-state index in [4.69, 9.17) is 16.9 Å². The summed E-state index contributed by atoms with van der Waals surface area (Å²) in [5, 5.41) is 11.9. The molecule has 0 amide bonds. The van der Waals surface area contributed by atoms with Crippen molar-refractivity contribution in [3.8, 4) is 6.07 Å². The Morgan fingerprint density at radius 3 is 2.44 bits per heavy atom. The van der Waals surface area contributed by atoms with Gasteiger partial charge in [-0.1, -0.05) is 11.6 Å². The largest absolute Gasteiger partial charge is 0.355 e. The van der Waals surface area contributed by atoms with E-state index in [0.717, 1.165) is 5.69 Å². The van der Waals surface area contributed by atoms with Crippen LogP contribution in [0.5, 0.6) is 0 Å². The number of rotatable bonds is 2. The summed E-state index contributed by atoms with van der Waals surface area (Å²) >= 11 is 8.89. The smallest absolute Gasteiger partial charge is 0.143 e. The molecule has 0 aliphatic heterocycles. The van der Waals surface area contributed by atoms with Crippen LogP contribution in [0.25, 0.3) is 0 Å². The maximum atomic E-state index is 13.3. The van der Waals surface area contributed by atoms with Crippen LogP contribution in [0.1, 0.15) is 5.56 Å². The minimum Gasteiger partial charge on any atom is -0.355 e. The first kappa shape index (κ1) is 12.9. The molecule has 0 aliphatic rings. The second-order valence-electron chi connectivity index (χ2n) is 3.56. The summed E-state index contributed by atoms with van der Waals surface area (Å²) in [6.45, 7) is 0. The summed E-state index contributed by atoms with van der Waals surface area (Å²) in [6.07, 6.45) is 0.